The number of nitrogen functional groups attached to an aromatic ring is 1. The van der Waals surface area contributed by atoms with E-state index in [1.807, 2.05) is 0 Å². The van der Waals surface area contributed by atoms with E-state index in [-0.39, 0.29) is 0 Å². The zero-order valence-corrected chi connectivity index (χ0v) is 7.56. The Bertz CT molecular complexity index is 439. The lowest BCUT2D eigenvalue weighted by molar-refractivity contribution is 0.293. The Labute approximate surface area is 80.6 Å². The van der Waals surface area contributed by atoms with E-state index in [2.05, 4.69) is 5.16 Å². The summed E-state index contributed by atoms with van der Waals surface area (Å²) in [4.78, 5) is 0. The first-order valence-corrected chi connectivity index (χ1v) is 4.29. The fourth-order valence-electron chi connectivity index (χ4n) is 1.19. The van der Waals surface area contributed by atoms with Gasteiger partial charge in [0.25, 0.3) is 5.88 Å². The van der Waals surface area contributed by atoms with E-state index in [0.29, 0.717) is 30.3 Å². The van der Waals surface area contributed by atoms with Crippen LogP contribution < -0.4 is 16.2 Å². The third-order valence-electron chi connectivity index (χ3n) is 1.82. The van der Waals surface area contributed by atoms with Crippen LogP contribution in [0.1, 0.15) is 0 Å². The van der Waals surface area contributed by atoms with Gasteiger partial charge in [-0.25, -0.2) is 0 Å². The number of ether oxygens (including phenoxy) is 1. The number of aromatic nitrogens is 1. The number of fused-ring (bicyclic) bond motifs is 1. The molecule has 5 nitrogen and oxygen atoms in total. The van der Waals surface area contributed by atoms with E-state index in [9.17, 15) is 0 Å². The fraction of sp³-hybridized carbons (Fsp3) is 0.222. The van der Waals surface area contributed by atoms with Crippen LogP contribution in [0.2, 0.25) is 0 Å². The molecule has 2 aromatic rings. The van der Waals surface area contributed by atoms with Gasteiger partial charge in [-0.2, -0.15) is 0 Å². The van der Waals surface area contributed by atoms with Crippen molar-refractivity contribution in [2.45, 2.75) is 0 Å². The molecule has 0 aliphatic heterocycles. The zero-order chi connectivity index (χ0) is 9.97. The maximum Gasteiger partial charge on any atom is 0.262 e. The Hall–Kier alpha value is -1.75. The number of hydrogen-bond donors (Lipinski definition) is 2. The minimum Gasteiger partial charge on any atom is -0.474 e. The molecule has 2 rings (SSSR count). The molecule has 5 heteroatoms. The van der Waals surface area contributed by atoms with Crippen molar-refractivity contribution in [3.8, 4) is 5.88 Å². The van der Waals surface area contributed by atoms with Gasteiger partial charge in [-0.3, -0.25) is 0 Å². The molecule has 0 spiro atoms. The number of nitrogens with two attached hydrogens (primary N) is 2. The van der Waals surface area contributed by atoms with Gasteiger partial charge in [-0.05, 0) is 23.4 Å². The van der Waals surface area contributed by atoms with Gasteiger partial charge < -0.3 is 20.7 Å². The first-order chi connectivity index (χ1) is 6.81. The van der Waals surface area contributed by atoms with Crippen molar-refractivity contribution in [2.24, 2.45) is 5.73 Å². The molecule has 0 saturated heterocycles. The second-order valence-electron chi connectivity index (χ2n) is 2.88. The summed E-state index contributed by atoms with van der Waals surface area (Å²) in [6.07, 6.45) is 0. The molecule has 0 saturated carbocycles. The van der Waals surface area contributed by atoms with Crippen molar-refractivity contribution < 1.29 is 9.26 Å². The van der Waals surface area contributed by atoms with Crippen molar-refractivity contribution >= 4 is 16.7 Å². The average molecular weight is 193 g/mol. The first kappa shape index (κ1) is 8.83. The lowest BCUT2D eigenvalue weighted by atomic mass is 10.2. The van der Waals surface area contributed by atoms with Gasteiger partial charge in [0.15, 0.2) is 5.58 Å². The van der Waals surface area contributed by atoms with Crippen molar-refractivity contribution in [2.75, 3.05) is 18.9 Å². The van der Waals surface area contributed by atoms with Crippen LogP contribution in [-0.2, 0) is 0 Å². The van der Waals surface area contributed by atoms with Crippen LogP contribution in [0, 0.1) is 0 Å². The first-order valence-electron chi connectivity index (χ1n) is 4.29. The topological polar surface area (TPSA) is 87.3 Å². The summed E-state index contributed by atoms with van der Waals surface area (Å²) >= 11 is 0. The summed E-state index contributed by atoms with van der Waals surface area (Å²) in [5.74, 6) is 0.442. The van der Waals surface area contributed by atoms with Crippen molar-refractivity contribution in [3.05, 3.63) is 18.2 Å². The molecular weight excluding hydrogens is 182 g/mol. The zero-order valence-electron chi connectivity index (χ0n) is 7.56. The van der Waals surface area contributed by atoms with Crippen LogP contribution in [0.25, 0.3) is 11.0 Å². The second kappa shape index (κ2) is 3.55. The molecule has 0 aliphatic rings. The standard InChI is InChI=1S/C9H11N3O2/c10-3-4-13-9-7-5-6(11)1-2-8(7)14-12-9/h1-2,5H,3-4,10-11H2. The summed E-state index contributed by atoms with van der Waals surface area (Å²) < 4.78 is 10.3. The van der Waals surface area contributed by atoms with E-state index >= 15 is 0 Å². The number of anilines is 1. The van der Waals surface area contributed by atoms with Crippen LogP contribution in [0.15, 0.2) is 22.7 Å². The second-order valence-corrected chi connectivity index (χ2v) is 2.88. The summed E-state index contributed by atoms with van der Waals surface area (Å²) in [5, 5.41) is 4.54. The van der Waals surface area contributed by atoms with Gasteiger partial charge in [-0.1, -0.05) is 0 Å². The molecule has 0 unspecified atom stereocenters. The molecule has 1 aromatic heterocycles. The largest absolute Gasteiger partial charge is 0.474 e. The van der Waals surface area contributed by atoms with Gasteiger partial charge in [0, 0.05) is 12.2 Å². The van der Waals surface area contributed by atoms with Gasteiger partial charge in [0.2, 0.25) is 0 Å². The Morgan fingerprint density at radius 2 is 2.29 bits per heavy atom. The quantitative estimate of drug-likeness (QED) is 0.702. The highest BCUT2D eigenvalue weighted by atomic mass is 16.5. The Morgan fingerprint density at radius 3 is 3.07 bits per heavy atom. The predicted octanol–water partition coefficient (Wildman–Crippen LogP) is 0.747. The number of hydrogen-bond acceptors (Lipinski definition) is 5. The van der Waals surface area contributed by atoms with Gasteiger partial charge >= 0.3 is 0 Å². The Kier molecular flexibility index (Phi) is 2.24. The van der Waals surface area contributed by atoms with Crippen molar-refractivity contribution in [1.29, 1.82) is 0 Å². The highest BCUT2D eigenvalue weighted by Gasteiger charge is 2.08. The minimum absolute atomic E-state index is 0.413. The molecule has 0 aliphatic carbocycles. The number of benzene rings is 1. The lowest BCUT2D eigenvalue weighted by Gasteiger charge is -1.98. The molecule has 1 aromatic carbocycles. The third-order valence-corrected chi connectivity index (χ3v) is 1.82. The Morgan fingerprint density at radius 1 is 1.43 bits per heavy atom. The smallest absolute Gasteiger partial charge is 0.262 e. The van der Waals surface area contributed by atoms with Crippen LogP contribution in [0.5, 0.6) is 5.88 Å². The molecular formula is C9H11N3O2. The van der Waals surface area contributed by atoms with E-state index in [1.165, 1.54) is 0 Å². The molecule has 14 heavy (non-hydrogen) atoms. The lowest BCUT2D eigenvalue weighted by Crippen LogP contribution is -2.10. The summed E-state index contributed by atoms with van der Waals surface area (Å²) in [7, 11) is 0. The molecule has 0 radical (unpaired) electrons. The highest BCUT2D eigenvalue weighted by Crippen LogP contribution is 2.26. The normalized spacial score (nSPS) is 10.6. The molecule has 0 amide bonds. The molecule has 0 fully saturated rings. The van der Waals surface area contributed by atoms with E-state index in [4.69, 9.17) is 20.7 Å². The Balaban J connectivity index is 2.40. The van der Waals surface area contributed by atoms with E-state index in [1.54, 1.807) is 18.2 Å². The fourth-order valence-corrected chi connectivity index (χ4v) is 1.19. The van der Waals surface area contributed by atoms with Crippen LogP contribution >= 0.6 is 0 Å². The minimum atomic E-state index is 0.413. The number of nitrogens with zero attached hydrogens (tertiary/aromatic N) is 1. The van der Waals surface area contributed by atoms with Crippen LogP contribution in [0.4, 0.5) is 5.69 Å². The summed E-state index contributed by atoms with van der Waals surface area (Å²) in [5.41, 5.74) is 12.3. The summed E-state index contributed by atoms with van der Waals surface area (Å²) in [6.45, 7) is 0.854. The van der Waals surface area contributed by atoms with E-state index in [0.717, 1.165) is 5.39 Å². The maximum absolute atomic E-state index is 5.63. The van der Waals surface area contributed by atoms with Crippen molar-refractivity contribution in [1.82, 2.24) is 5.16 Å². The van der Waals surface area contributed by atoms with Gasteiger partial charge in [0.1, 0.15) is 6.61 Å². The average Bonchev–Trinajstić information content (AvgIpc) is 2.57. The SMILES string of the molecule is NCCOc1noc2ccc(N)cc12. The molecule has 0 atom stereocenters. The van der Waals surface area contributed by atoms with Gasteiger partial charge in [-0.15, -0.1) is 0 Å². The molecule has 1 heterocycles. The summed E-state index contributed by atoms with van der Waals surface area (Å²) in [6, 6.07) is 5.27. The van der Waals surface area contributed by atoms with Crippen LogP contribution in [0.3, 0.4) is 0 Å². The molecule has 74 valence electrons. The number of rotatable bonds is 3. The molecule has 0 bridgehead atoms. The van der Waals surface area contributed by atoms with Gasteiger partial charge in [0.05, 0.1) is 5.39 Å². The van der Waals surface area contributed by atoms with Crippen LogP contribution in [-0.4, -0.2) is 18.3 Å². The van der Waals surface area contributed by atoms with Crippen molar-refractivity contribution in [3.63, 3.8) is 0 Å². The molecule has 4 N–H and O–H groups in total. The third kappa shape index (κ3) is 1.49. The highest BCUT2D eigenvalue weighted by molar-refractivity contribution is 5.85. The maximum atomic E-state index is 5.63. The van der Waals surface area contributed by atoms with E-state index < -0.39 is 0 Å². The predicted molar refractivity (Wildman–Crippen MR) is 53.0 cm³/mol. The monoisotopic (exact) mass is 193 g/mol.